The molecule has 0 fully saturated rings. The minimum absolute atomic E-state index is 0.242. The third-order valence-electron chi connectivity index (χ3n) is 2.60. The quantitative estimate of drug-likeness (QED) is 0.674. The predicted molar refractivity (Wildman–Crippen MR) is 74.6 cm³/mol. The molecule has 0 aliphatic rings. The standard InChI is InChI=1S/C14H20FN3O2/c1-14(2,16)13(20)18-8-4-7-17-12(19)10-5-3-6-11(15)9-10/h3,5-6,9H,4,7-8,16H2,1-2H3,(H,17,19)(H,18,20). The molecule has 0 spiro atoms. The lowest BCUT2D eigenvalue weighted by Gasteiger charge is -2.17. The van der Waals surface area contributed by atoms with E-state index in [1.807, 2.05) is 0 Å². The number of halogens is 1. The zero-order chi connectivity index (χ0) is 15.2. The number of rotatable bonds is 6. The summed E-state index contributed by atoms with van der Waals surface area (Å²) in [6.07, 6.45) is 0.572. The summed E-state index contributed by atoms with van der Waals surface area (Å²) in [7, 11) is 0. The Kier molecular flexibility index (Phi) is 5.64. The van der Waals surface area contributed by atoms with Gasteiger partial charge in [-0.05, 0) is 38.5 Å². The summed E-state index contributed by atoms with van der Waals surface area (Å²) in [5.74, 6) is -1.03. The molecule has 0 aliphatic carbocycles. The number of hydrogen-bond donors (Lipinski definition) is 3. The molecule has 20 heavy (non-hydrogen) atoms. The summed E-state index contributed by atoms with van der Waals surface area (Å²) >= 11 is 0. The maximum absolute atomic E-state index is 12.9. The maximum atomic E-state index is 12.9. The fourth-order valence-electron chi connectivity index (χ4n) is 1.45. The van der Waals surface area contributed by atoms with Crippen molar-refractivity contribution in [1.82, 2.24) is 10.6 Å². The molecule has 0 bridgehead atoms. The van der Waals surface area contributed by atoms with Gasteiger partial charge in [0.25, 0.3) is 5.91 Å². The molecular formula is C14H20FN3O2. The van der Waals surface area contributed by atoms with Gasteiger partial charge in [0.1, 0.15) is 5.82 Å². The molecule has 0 aromatic heterocycles. The van der Waals surface area contributed by atoms with Gasteiger partial charge in [-0.2, -0.15) is 0 Å². The highest BCUT2D eigenvalue weighted by molar-refractivity contribution is 5.94. The molecule has 4 N–H and O–H groups in total. The molecule has 6 heteroatoms. The molecule has 0 aliphatic heterocycles. The number of nitrogens with one attached hydrogen (secondary N) is 2. The Morgan fingerprint density at radius 3 is 2.50 bits per heavy atom. The summed E-state index contributed by atoms with van der Waals surface area (Å²) in [6.45, 7) is 4.05. The summed E-state index contributed by atoms with van der Waals surface area (Å²) in [4.78, 5) is 23.1. The van der Waals surface area contributed by atoms with Crippen LogP contribution >= 0.6 is 0 Å². The lowest BCUT2D eigenvalue weighted by atomic mass is 10.1. The van der Waals surface area contributed by atoms with E-state index in [1.165, 1.54) is 24.3 Å². The van der Waals surface area contributed by atoms with Gasteiger partial charge >= 0.3 is 0 Å². The van der Waals surface area contributed by atoms with Crippen LogP contribution in [0.1, 0.15) is 30.6 Å². The largest absolute Gasteiger partial charge is 0.354 e. The van der Waals surface area contributed by atoms with E-state index in [2.05, 4.69) is 10.6 Å². The van der Waals surface area contributed by atoms with Crippen LogP contribution in [-0.4, -0.2) is 30.4 Å². The number of carbonyl (C=O) groups excluding carboxylic acids is 2. The van der Waals surface area contributed by atoms with Crippen LogP contribution in [0.25, 0.3) is 0 Å². The van der Waals surface area contributed by atoms with Crippen molar-refractivity contribution in [3.05, 3.63) is 35.6 Å². The first-order valence-corrected chi connectivity index (χ1v) is 6.41. The number of hydrogen-bond acceptors (Lipinski definition) is 3. The van der Waals surface area contributed by atoms with Gasteiger partial charge in [-0.1, -0.05) is 6.07 Å². The first-order valence-electron chi connectivity index (χ1n) is 6.41. The van der Waals surface area contributed by atoms with Crippen molar-refractivity contribution in [2.75, 3.05) is 13.1 Å². The lowest BCUT2D eigenvalue weighted by molar-refractivity contribution is -0.125. The molecule has 110 valence electrons. The van der Waals surface area contributed by atoms with Crippen molar-refractivity contribution in [3.8, 4) is 0 Å². The van der Waals surface area contributed by atoms with Gasteiger partial charge in [0.05, 0.1) is 5.54 Å². The van der Waals surface area contributed by atoms with Gasteiger partial charge in [-0.25, -0.2) is 4.39 Å². The van der Waals surface area contributed by atoms with Crippen LogP contribution in [0.15, 0.2) is 24.3 Å². The number of carbonyl (C=O) groups is 2. The van der Waals surface area contributed by atoms with Crippen LogP contribution < -0.4 is 16.4 Å². The number of amides is 2. The average Bonchev–Trinajstić information content (AvgIpc) is 2.36. The number of benzene rings is 1. The van der Waals surface area contributed by atoms with Crippen molar-refractivity contribution in [3.63, 3.8) is 0 Å². The zero-order valence-corrected chi connectivity index (χ0v) is 11.7. The molecule has 0 saturated heterocycles. The molecule has 1 aromatic rings. The first kappa shape index (κ1) is 16.1. The molecule has 5 nitrogen and oxygen atoms in total. The monoisotopic (exact) mass is 281 g/mol. The molecule has 1 aromatic carbocycles. The Labute approximate surface area is 117 Å². The fourth-order valence-corrected chi connectivity index (χ4v) is 1.45. The van der Waals surface area contributed by atoms with Gasteiger partial charge in [0, 0.05) is 18.7 Å². The Bertz CT molecular complexity index is 484. The summed E-state index contributed by atoms with van der Waals surface area (Å²) in [5, 5.41) is 5.32. The highest BCUT2D eigenvalue weighted by Crippen LogP contribution is 2.03. The van der Waals surface area contributed by atoms with Crippen LogP contribution in [0.5, 0.6) is 0 Å². The van der Waals surface area contributed by atoms with Gasteiger partial charge in [0.2, 0.25) is 5.91 Å². The molecule has 0 radical (unpaired) electrons. The van der Waals surface area contributed by atoms with E-state index in [0.717, 1.165) is 0 Å². The molecular weight excluding hydrogens is 261 g/mol. The van der Waals surface area contributed by atoms with Crippen molar-refractivity contribution < 1.29 is 14.0 Å². The smallest absolute Gasteiger partial charge is 0.251 e. The molecule has 1 rings (SSSR count). The summed E-state index contributed by atoms with van der Waals surface area (Å²) < 4.78 is 12.9. The third kappa shape index (κ3) is 5.36. The fraction of sp³-hybridized carbons (Fsp3) is 0.429. The highest BCUT2D eigenvalue weighted by Gasteiger charge is 2.20. The second-order valence-electron chi connectivity index (χ2n) is 5.10. The first-order chi connectivity index (χ1) is 9.30. The van der Waals surface area contributed by atoms with E-state index in [4.69, 9.17) is 5.73 Å². The SMILES string of the molecule is CC(C)(N)C(=O)NCCCNC(=O)c1cccc(F)c1. The Balaban J connectivity index is 2.25. The summed E-state index contributed by atoms with van der Waals surface area (Å²) in [6, 6.07) is 5.47. The Morgan fingerprint density at radius 2 is 1.90 bits per heavy atom. The number of nitrogens with two attached hydrogens (primary N) is 1. The lowest BCUT2D eigenvalue weighted by Crippen LogP contribution is -2.49. The molecule has 2 amide bonds. The van der Waals surface area contributed by atoms with E-state index < -0.39 is 11.4 Å². The second-order valence-corrected chi connectivity index (χ2v) is 5.10. The zero-order valence-electron chi connectivity index (χ0n) is 11.7. The van der Waals surface area contributed by atoms with Crippen LogP contribution in [0.3, 0.4) is 0 Å². The van der Waals surface area contributed by atoms with Gasteiger partial charge in [-0.15, -0.1) is 0 Å². The normalized spacial score (nSPS) is 11.0. The Hall–Kier alpha value is -1.95. The van der Waals surface area contributed by atoms with E-state index in [-0.39, 0.29) is 17.4 Å². The third-order valence-corrected chi connectivity index (χ3v) is 2.60. The molecule has 0 unspecified atom stereocenters. The van der Waals surface area contributed by atoms with Gasteiger partial charge in [-0.3, -0.25) is 9.59 Å². The highest BCUT2D eigenvalue weighted by atomic mass is 19.1. The van der Waals surface area contributed by atoms with Crippen molar-refractivity contribution in [1.29, 1.82) is 0 Å². The van der Waals surface area contributed by atoms with Crippen LogP contribution in [0, 0.1) is 5.82 Å². The van der Waals surface area contributed by atoms with Crippen molar-refractivity contribution >= 4 is 11.8 Å². The van der Waals surface area contributed by atoms with Crippen molar-refractivity contribution in [2.24, 2.45) is 5.73 Å². The topological polar surface area (TPSA) is 84.2 Å². The van der Waals surface area contributed by atoms with Crippen molar-refractivity contribution in [2.45, 2.75) is 25.8 Å². The van der Waals surface area contributed by atoms with Crippen LogP contribution in [-0.2, 0) is 4.79 Å². The second kappa shape index (κ2) is 7.00. The maximum Gasteiger partial charge on any atom is 0.251 e. The molecule has 0 saturated carbocycles. The predicted octanol–water partition coefficient (Wildman–Crippen LogP) is 0.799. The van der Waals surface area contributed by atoms with E-state index in [9.17, 15) is 14.0 Å². The Morgan fingerprint density at radius 1 is 1.25 bits per heavy atom. The van der Waals surface area contributed by atoms with E-state index in [1.54, 1.807) is 13.8 Å². The van der Waals surface area contributed by atoms with Gasteiger partial charge in [0.15, 0.2) is 0 Å². The minimum atomic E-state index is -0.912. The van der Waals surface area contributed by atoms with E-state index >= 15 is 0 Å². The molecule has 0 heterocycles. The molecule has 0 atom stereocenters. The van der Waals surface area contributed by atoms with Crippen LogP contribution in [0.2, 0.25) is 0 Å². The minimum Gasteiger partial charge on any atom is -0.354 e. The van der Waals surface area contributed by atoms with Crippen LogP contribution in [0.4, 0.5) is 4.39 Å². The average molecular weight is 281 g/mol. The van der Waals surface area contributed by atoms with Gasteiger partial charge < -0.3 is 16.4 Å². The van der Waals surface area contributed by atoms with E-state index in [0.29, 0.717) is 19.5 Å². The summed E-state index contributed by atoms with van der Waals surface area (Å²) in [5.41, 5.74) is 4.98.